The molecule has 3 fully saturated rings. The van der Waals surface area contributed by atoms with Crippen molar-refractivity contribution in [2.45, 2.75) is 82.3 Å². The van der Waals surface area contributed by atoms with E-state index in [-0.39, 0.29) is 0 Å². The predicted octanol–water partition coefficient (Wildman–Crippen LogP) is 4.65. The van der Waals surface area contributed by atoms with Gasteiger partial charge in [0.2, 0.25) is 5.41 Å². The maximum atomic E-state index is 14.7. The summed E-state index contributed by atoms with van der Waals surface area (Å²) in [7, 11) is 3.01. The van der Waals surface area contributed by atoms with Gasteiger partial charge in [-0.3, -0.25) is 14.6 Å². The third kappa shape index (κ3) is 4.22. The van der Waals surface area contributed by atoms with Gasteiger partial charge in [0.05, 0.1) is 20.4 Å². The lowest BCUT2D eigenvalue weighted by Crippen LogP contribution is -2.60. The highest BCUT2D eigenvalue weighted by molar-refractivity contribution is 6.06. The molecule has 3 heterocycles. The predicted molar refractivity (Wildman–Crippen MR) is 151 cm³/mol. The van der Waals surface area contributed by atoms with E-state index in [0.717, 1.165) is 24.8 Å². The van der Waals surface area contributed by atoms with E-state index in [4.69, 9.17) is 23.7 Å². The maximum Gasteiger partial charge on any atom is 0.331 e. The fourth-order valence-corrected chi connectivity index (χ4v) is 6.95. The number of esters is 3. The van der Waals surface area contributed by atoms with Gasteiger partial charge in [-0.2, -0.15) is 5.10 Å². The highest BCUT2D eigenvalue weighted by Gasteiger charge is 2.76. The third-order valence-corrected chi connectivity index (χ3v) is 8.67. The van der Waals surface area contributed by atoms with E-state index in [0.29, 0.717) is 35.5 Å². The summed E-state index contributed by atoms with van der Waals surface area (Å²) >= 11 is 0. The molecule has 0 amide bonds. The van der Waals surface area contributed by atoms with Gasteiger partial charge >= 0.3 is 17.9 Å². The molecule has 0 N–H and O–H groups in total. The minimum atomic E-state index is -1.97. The van der Waals surface area contributed by atoms with Crippen LogP contribution in [0.5, 0.6) is 11.5 Å². The number of hydrazone groups is 1. The molecule has 3 aliphatic heterocycles. The van der Waals surface area contributed by atoms with Crippen molar-refractivity contribution in [3.8, 4) is 11.5 Å². The number of hydrogen-bond acceptors (Lipinski definition) is 10. The number of ether oxygens (including phenoxy) is 5. The number of rotatable bonds is 4. The quantitative estimate of drug-likeness (QED) is 0.379. The van der Waals surface area contributed by atoms with Crippen LogP contribution in [0.4, 0.5) is 0 Å². The van der Waals surface area contributed by atoms with E-state index in [2.05, 4.69) is 5.10 Å². The third-order valence-electron chi connectivity index (χ3n) is 8.67. The maximum absolute atomic E-state index is 14.7. The van der Waals surface area contributed by atoms with Gasteiger partial charge < -0.3 is 23.7 Å². The largest absolute Gasteiger partial charge is 0.493 e. The molecule has 10 nitrogen and oxygen atoms in total. The molecule has 1 aliphatic carbocycles. The van der Waals surface area contributed by atoms with Gasteiger partial charge in [-0.05, 0) is 62.4 Å². The number of hydrogen-bond donors (Lipinski definition) is 0. The Kier molecular flexibility index (Phi) is 6.70. The van der Waals surface area contributed by atoms with Crippen LogP contribution in [0.1, 0.15) is 81.5 Å². The Morgan fingerprint density at radius 3 is 2.26 bits per heavy atom. The van der Waals surface area contributed by atoms with Crippen molar-refractivity contribution in [1.82, 2.24) is 5.01 Å². The van der Waals surface area contributed by atoms with Crippen LogP contribution in [0.15, 0.2) is 47.6 Å². The van der Waals surface area contributed by atoms with Crippen molar-refractivity contribution < 1.29 is 38.1 Å². The lowest BCUT2D eigenvalue weighted by molar-refractivity contribution is -0.273. The smallest absolute Gasteiger partial charge is 0.331 e. The lowest BCUT2D eigenvalue weighted by atomic mass is 9.65. The minimum Gasteiger partial charge on any atom is -0.493 e. The SMILES string of the molecule is COc1ccc([C@@H]2[C@H](C(=O)OC(C)(C)C)N3N=Cc4ccccc4[C@H]3C23C(=O)OC2(CCCCC2)OC3=O)cc1OC. The number of benzene rings is 2. The first kappa shape index (κ1) is 28.1. The molecule has 2 aromatic rings. The van der Waals surface area contributed by atoms with Crippen molar-refractivity contribution in [3.63, 3.8) is 0 Å². The molecule has 0 aromatic heterocycles. The van der Waals surface area contributed by atoms with Crippen molar-refractivity contribution in [2.24, 2.45) is 10.5 Å². The molecule has 1 saturated carbocycles. The first-order valence-corrected chi connectivity index (χ1v) is 14.4. The standard InChI is InChI=1S/C32H36N2O8/c1-30(2,3)40-27(35)25-24(19-13-14-22(38-4)23(17-19)39-5)32(26-21-12-8-7-11-20(21)18-33-34(25)26)28(36)41-31(42-29(32)37)15-9-6-10-16-31/h7-8,11-14,17-18,24-26H,6,9-10,15-16H2,1-5H3/t24-,25-,26+/m1/s1. The van der Waals surface area contributed by atoms with Crippen molar-refractivity contribution >= 4 is 24.1 Å². The second kappa shape index (κ2) is 10.0. The van der Waals surface area contributed by atoms with Gasteiger partial charge in [0.15, 0.2) is 17.5 Å². The van der Waals surface area contributed by atoms with Gasteiger partial charge in [0, 0.05) is 18.8 Å². The molecule has 222 valence electrons. The molecule has 0 bridgehead atoms. The zero-order valence-corrected chi connectivity index (χ0v) is 24.5. The first-order valence-electron chi connectivity index (χ1n) is 14.4. The van der Waals surface area contributed by atoms with Crippen molar-refractivity contribution in [1.29, 1.82) is 0 Å². The Bertz CT molecular complexity index is 1430. The summed E-state index contributed by atoms with van der Waals surface area (Å²) in [5.41, 5.74) is -0.941. The molecule has 0 unspecified atom stereocenters. The minimum absolute atomic E-state index is 0.378. The van der Waals surface area contributed by atoms with Gasteiger partial charge in [0.25, 0.3) is 5.79 Å². The molecule has 42 heavy (non-hydrogen) atoms. The summed E-state index contributed by atoms with van der Waals surface area (Å²) in [5.74, 6) is -3.66. The molecule has 2 saturated heterocycles. The molecule has 4 aliphatic rings. The fourth-order valence-electron chi connectivity index (χ4n) is 6.95. The Balaban J connectivity index is 1.61. The van der Waals surface area contributed by atoms with Gasteiger partial charge in [0.1, 0.15) is 11.6 Å². The number of fused-ring (bicyclic) bond motifs is 4. The molecular weight excluding hydrogens is 540 g/mol. The van der Waals surface area contributed by atoms with Crippen LogP contribution >= 0.6 is 0 Å². The van der Waals surface area contributed by atoms with E-state index in [9.17, 15) is 14.4 Å². The van der Waals surface area contributed by atoms with E-state index in [1.54, 1.807) is 45.2 Å². The summed E-state index contributed by atoms with van der Waals surface area (Å²) < 4.78 is 29.4. The Hall–Kier alpha value is -4.08. The highest BCUT2D eigenvalue weighted by Crippen LogP contribution is 2.63. The first-order chi connectivity index (χ1) is 20.0. The zero-order valence-electron chi connectivity index (χ0n) is 24.5. The van der Waals surface area contributed by atoms with Crippen LogP contribution in [-0.4, -0.2) is 60.8 Å². The Labute approximate surface area is 244 Å². The second-order valence-electron chi connectivity index (χ2n) is 12.3. The van der Waals surface area contributed by atoms with Crippen LogP contribution < -0.4 is 9.47 Å². The zero-order chi connectivity index (χ0) is 29.9. The van der Waals surface area contributed by atoms with Crippen molar-refractivity contribution in [3.05, 3.63) is 59.2 Å². The molecule has 0 radical (unpaired) electrons. The summed E-state index contributed by atoms with van der Waals surface area (Å²) in [6, 6.07) is 10.3. The second-order valence-corrected chi connectivity index (χ2v) is 12.3. The van der Waals surface area contributed by atoms with E-state index >= 15 is 0 Å². The Morgan fingerprint density at radius 1 is 0.952 bits per heavy atom. The van der Waals surface area contributed by atoms with Crippen molar-refractivity contribution in [2.75, 3.05) is 14.2 Å². The van der Waals surface area contributed by atoms with E-state index < -0.39 is 52.7 Å². The van der Waals surface area contributed by atoms with Crippen LogP contribution in [0.3, 0.4) is 0 Å². The topological polar surface area (TPSA) is 113 Å². The summed E-state index contributed by atoms with van der Waals surface area (Å²) in [6.07, 6.45) is 5.01. The van der Waals surface area contributed by atoms with Crippen LogP contribution in [-0.2, 0) is 28.6 Å². The average molecular weight is 577 g/mol. The number of nitrogens with zero attached hydrogens (tertiary/aromatic N) is 2. The van der Waals surface area contributed by atoms with Crippen LogP contribution in [0, 0.1) is 5.41 Å². The number of carbonyl (C=O) groups excluding carboxylic acids is 3. The fraction of sp³-hybridized carbons (Fsp3) is 0.500. The number of methoxy groups -OCH3 is 2. The molecule has 2 aromatic carbocycles. The monoisotopic (exact) mass is 576 g/mol. The molecule has 3 atom stereocenters. The summed E-state index contributed by atoms with van der Waals surface area (Å²) in [4.78, 5) is 43.5. The summed E-state index contributed by atoms with van der Waals surface area (Å²) in [5, 5.41) is 6.20. The van der Waals surface area contributed by atoms with Gasteiger partial charge in [-0.1, -0.05) is 36.8 Å². The van der Waals surface area contributed by atoms with Crippen LogP contribution in [0.2, 0.25) is 0 Å². The number of carbonyl (C=O) groups is 3. The lowest BCUT2D eigenvalue weighted by Gasteiger charge is -2.47. The van der Waals surface area contributed by atoms with E-state index in [1.807, 2.05) is 24.3 Å². The van der Waals surface area contributed by atoms with Gasteiger partial charge in [-0.25, -0.2) is 4.79 Å². The van der Waals surface area contributed by atoms with Gasteiger partial charge in [-0.15, -0.1) is 0 Å². The molecular formula is C32H36N2O8. The van der Waals surface area contributed by atoms with E-state index in [1.165, 1.54) is 19.2 Å². The highest BCUT2D eigenvalue weighted by atomic mass is 16.7. The molecule has 10 heteroatoms. The Morgan fingerprint density at radius 2 is 1.62 bits per heavy atom. The normalized spacial score (nSPS) is 25.4. The average Bonchev–Trinajstić information content (AvgIpc) is 3.28. The molecule has 2 spiro atoms. The van der Waals surface area contributed by atoms with Crippen LogP contribution in [0.25, 0.3) is 0 Å². The molecule has 6 rings (SSSR count). The summed E-state index contributed by atoms with van der Waals surface area (Å²) in [6.45, 7) is 5.30.